The van der Waals surface area contributed by atoms with Gasteiger partial charge in [0.05, 0.1) is 27.7 Å². The molecule has 186 valence electrons. The number of allylic oxidation sites excluding steroid dienone is 2. The number of hydrogen-bond acceptors (Lipinski definition) is 2. The van der Waals surface area contributed by atoms with Gasteiger partial charge in [0.2, 0.25) is 0 Å². The van der Waals surface area contributed by atoms with E-state index >= 15 is 0 Å². The highest BCUT2D eigenvalue weighted by Crippen LogP contribution is 2.51. The molecule has 31 heavy (non-hydrogen) atoms. The Balaban J connectivity index is 3.60. The second-order valence-electron chi connectivity index (χ2n) is 10.1. The van der Waals surface area contributed by atoms with Crippen LogP contribution in [0.2, 0.25) is 0 Å². The molecule has 1 N–H and O–H groups in total. The first-order valence-electron chi connectivity index (χ1n) is 13.2. The molecule has 0 bridgehead atoms. The topological polar surface area (TPSA) is 46.5 Å². The molecule has 0 spiro atoms. The summed E-state index contributed by atoms with van der Waals surface area (Å²) in [7, 11) is 2.33. The van der Waals surface area contributed by atoms with E-state index in [0.29, 0.717) is 17.5 Å². The zero-order valence-electron chi connectivity index (χ0n) is 21.6. The van der Waals surface area contributed by atoms with Crippen LogP contribution < -0.4 is 0 Å². The van der Waals surface area contributed by atoms with E-state index in [1.54, 1.807) is 0 Å². The summed E-state index contributed by atoms with van der Waals surface area (Å²) in [6.45, 7) is 4.71. The first kappa shape index (κ1) is 30.9. The Morgan fingerprint density at radius 3 is 1.65 bits per heavy atom. The maximum atomic E-state index is 12.6. The highest BCUT2D eigenvalue weighted by atomic mass is 31.2. The van der Waals surface area contributed by atoms with E-state index in [4.69, 9.17) is 4.52 Å². The van der Waals surface area contributed by atoms with Crippen LogP contribution in [0.5, 0.6) is 0 Å². The van der Waals surface area contributed by atoms with Gasteiger partial charge in [0.15, 0.2) is 5.78 Å². The first-order valence-corrected chi connectivity index (χ1v) is 14.8. The molecule has 2 atom stereocenters. The number of rotatable bonds is 22. The fraction of sp³-hybridized carbons (Fsp3) is 0.923. The van der Waals surface area contributed by atoms with E-state index in [2.05, 4.69) is 19.1 Å². The zero-order valence-corrected chi connectivity index (χ0v) is 22.5. The standard InChI is InChI=1S/C26H54NO3P/c1-6-8-9-10-11-12-13-14-15-16-17-18-19-20-21-22-23-25-30-31(28,29)26(24-7-2)27(3,4)5/h18-19,26H,6-17,20-25H2,1-5H3/p+1/b19-18-. The van der Waals surface area contributed by atoms with Crippen LogP contribution in [0.3, 0.4) is 0 Å². The van der Waals surface area contributed by atoms with Crippen LogP contribution in [-0.4, -0.2) is 42.9 Å². The lowest BCUT2D eigenvalue weighted by atomic mass is 10.1. The summed E-state index contributed by atoms with van der Waals surface area (Å²) in [5, 5.41) is 0. The van der Waals surface area contributed by atoms with E-state index in [1.807, 2.05) is 28.1 Å². The van der Waals surface area contributed by atoms with Crippen LogP contribution in [0, 0.1) is 0 Å². The molecule has 0 amide bonds. The lowest BCUT2D eigenvalue weighted by Crippen LogP contribution is -2.45. The van der Waals surface area contributed by atoms with Crippen molar-refractivity contribution in [1.82, 2.24) is 0 Å². The molecule has 0 saturated carbocycles. The van der Waals surface area contributed by atoms with Crippen molar-refractivity contribution < 1.29 is 18.5 Å². The molecule has 0 aromatic carbocycles. The van der Waals surface area contributed by atoms with Gasteiger partial charge in [-0.2, -0.15) is 0 Å². The van der Waals surface area contributed by atoms with E-state index in [0.717, 1.165) is 32.1 Å². The molecule has 0 aromatic rings. The van der Waals surface area contributed by atoms with Crippen LogP contribution in [0.15, 0.2) is 12.2 Å². The molecule has 0 heterocycles. The van der Waals surface area contributed by atoms with Crippen molar-refractivity contribution in [3.63, 3.8) is 0 Å². The second-order valence-corrected chi connectivity index (χ2v) is 12.1. The second kappa shape index (κ2) is 19.3. The van der Waals surface area contributed by atoms with Gasteiger partial charge in [-0.05, 0) is 38.5 Å². The Morgan fingerprint density at radius 1 is 0.742 bits per heavy atom. The molecular formula is C26H55NO3P+. The maximum Gasteiger partial charge on any atom is 0.385 e. The van der Waals surface area contributed by atoms with Crippen LogP contribution in [0.25, 0.3) is 0 Å². The third-order valence-electron chi connectivity index (χ3n) is 6.00. The van der Waals surface area contributed by atoms with Crippen molar-refractivity contribution in [2.75, 3.05) is 27.7 Å². The third kappa shape index (κ3) is 18.0. The van der Waals surface area contributed by atoms with E-state index in [9.17, 15) is 9.46 Å². The minimum absolute atomic E-state index is 0.341. The lowest BCUT2D eigenvalue weighted by molar-refractivity contribution is -0.883. The minimum atomic E-state index is -3.57. The fourth-order valence-electron chi connectivity index (χ4n) is 4.05. The summed E-state index contributed by atoms with van der Waals surface area (Å²) >= 11 is 0. The number of nitrogens with zero attached hydrogens (tertiary/aromatic N) is 1. The Kier molecular flexibility index (Phi) is 19.2. The van der Waals surface area contributed by atoms with Crippen molar-refractivity contribution in [2.45, 2.75) is 129 Å². The van der Waals surface area contributed by atoms with Crippen LogP contribution >= 0.6 is 7.60 Å². The first-order chi connectivity index (χ1) is 14.8. The molecule has 0 aliphatic carbocycles. The van der Waals surface area contributed by atoms with Crippen LogP contribution in [-0.2, 0) is 9.09 Å². The average Bonchev–Trinajstić information content (AvgIpc) is 2.70. The molecule has 0 radical (unpaired) electrons. The van der Waals surface area contributed by atoms with Gasteiger partial charge < -0.3 is 13.9 Å². The Morgan fingerprint density at radius 2 is 1.19 bits per heavy atom. The van der Waals surface area contributed by atoms with Gasteiger partial charge in [-0.15, -0.1) is 0 Å². The summed E-state index contributed by atoms with van der Waals surface area (Å²) in [6, 6.07) is 0. The highest BCUT2D eigenvalue weighted by Gasteiger charge is 2.41. The van der Waals surface area contributed by atoms with Gasteiger partial charge in [0, 0.05) is 6.42 Å². The molecule has 0 saturated heterocycles. The molecule has 2 unspecified atom stereocenters. The van der Waals surface area contributed by atoms with Gasteiger partial charge in [-0.25, -0.2) is 0 Å². The quantitative estimate of drug-likeness (QED) is 0.0763. The normalized spacial score (nSPS) is 15.4. The summed E-state index contributed by atoms with van der Waals surface area (Å²) in [5.74, 6) is -0.341. The summed E-state index contributed by atoms with van der Waals surface area (Å²) < 4.78 is 18.6. The maximum absolute atomic E-state index is 12.6. The van der Waals surface area contributed by atoms with Crippen molar-refractivity contribution in [3.05, 3.63) is 12.2 Å². The predicted octanol–water partition coefficient (Wildman–Crippen LogP) is 8.45. The van der Waals surface area contributed by atoms with Gasteiger partial charge in [-0.1, -0.05) is 90.2 Å². The molecule has 4 nitrogen and oxygen atoms in total. The summed E-state index contributed by atoms with van der Waals surface area (Å²) in [4.78, 5) is 10.4. The van der Waals surface area contributed by atoms with Crippen molar-refractivity contribution >= 4 is 7.60 Å². The Labute approximate surface area is 195 Å². The molecule has 0 rings (SSSR count). The predicted molar refractivity (Wildman–Crippen MR) is 137 cm³/mol. The average molecular weight is 461 g/mol. The largest absolute Gasteiger partial charge is 0.385 e. The smallest absolute Gasteiger partial charge is 0.320 e. The Bertz CT molecular complexity index is 474. The SMILES string of the molecule is CCCCCCCCCCCC/C=C\CCCCCOP(=O)(O)C(CCC)[N+](C)(C)C. The van der Waals surface area contributed by atoms with Crippen LogP contribution in [0.4, 0.5) is 0 Å². The molecule has 5 heteroatoms. The molecule has 0 fully saturated rings. The summed E-state index contributed by atoms with van der Waals surface area (Å²) in [5.41, 5.74) is 0. The van der Waals surface area contributed by atoms with Gasteiger partial charge >= 0.3 is 7.60 Å². The molecule has 0 aromatic heterocycles. The lowest BCUT2D eigenvalue weighted by Gasteiger charge is -2.35. The van der Waals surface area contributed by atoms with Crippen LogP contribution in [0.1, 0.15) is 123 Å². The third-order valence-corrected chi connectivity index (χ3v) is 8.26. The molecule has 0 aliphatic rings. The van der Waals surface area contributed by atoms with Gasteiger partial charge in [0.1, 0.15) is 0 Å². The highest BCUT2D eigenvalue weighted by molar-refractivity contribution is 7.53. The van der Waals surface area contributed by atoms with Gasteiger partial charge in [0.25, 0.3) is 0 Å². The number of unbranched alkanes of at least 4 members (excludes halogenated alkanes) is 13. The number of quaternary nitrogens is 1. The Hall–Kier alpha value is -0.150. The fourth-order valence-corrected chi connectivity index (χ4v) is 6.08. The number of hydrogen-bond donors (Lipinski definition) is 1. The summed E-state index contributed by atoms with van der Waals surface area (Å²) in [6.07, 6.45) is 25.5. The molecular weight excluding hydrogens is 405 g/mol. The van der Waals surface area contributed by atoms with Gasteiger partial charge in [-0.3, -0.25) is 4.57 Å². The molecule has 0 aliphatic heterocycles. The minimum Gasteiger partial charge on any atom is -0.320 e. The van der Waals surface area contributed by atoms with E-state index < -0.39 is 7.60 Å². The van der Waals surface area contributed by atoms with Crippen molar-refractivity contribution in [1.29, 1.82) is 0 Å². The van der Waals surface area contributed by atoms with E-state index in [1.165, 1.54) is 70.6 Å². The monoisotopic (exact) mass is 460 g/mol. The van der Waals surface area contributed by atoms with Crippen molar-refractivity contribution in [3.8, 4) is 0 Å². The zero-order chi connectivity index (χ0) is 23.4. The van der Waals surface area contributed by atoms with Crippen molar-refractivity contribution in [2.24, 2.45) is 0 Å². The van der Waals surface area contributed by atoms with E-state index in [-0.39, 0.29) is 5.78 Å².